The van der Waals surface area contributed by atoms with Gasteiger partial charge in [0, 0.05) is 20.6 Å². The Hall–Kier alpha value is -0.690. The Morgan fingerprint density at radius 2 is 2.00 bits per heavy atom. The Kier molecular flexibility index (Phi) is 7.91. The van der Waals surface area contributed by atoms with E-state index in [1.165, 1.54) is 0 Å². The van der Waals surface area contributed by atoms with Gasteiger partial charge in [-0.3, -0.25) is 4.79 Å². The molecule has 1 aliphatic rings. The van der Waals surface area contributed by atoms with Crippen LogP contribution in [0.1, 0.15) is 19.3 Å². The van der Waals surface area contributed by atoms with E-state index in [2.05, 4.69) is 10.6 Å². The highest BCUT2D eigenvalue weighted by Gasteiger charge is 2.14. The maximum atomic E-state index is 11.5. The lowest BCUT2D eigenvalue weighted by Gasteiger charge is -2.22. The van der Waals surface area contributed by atoms with Gasteiger partial charge in [-0.2, -0.15) is 0 Å². The summed E-state index contributed by atoms with van der Waals surface area (Å²) in [4.78, 5) is 11.5. The first-order valence-corrected chi connectivity index (χ1v) is 6.41. The minimum Gasteiger partial charge on any atom is -0.378 e. The van der Waals surface area contributed by atoms with Gasteiger partial charge in [0.15, 0.2) is 6.29 Å². The molecule has 0 aliphatic carbocycles. The van der Waals surface area contributed by atoms with E-state index in [9.17, 15) is 4.79 Å². The lowest BCUT2D eigenvalue weighted by Crippen LogP contribution is -2.35. The summed E-state index contributed by atoms with van der Waals surface area (Å²) < 4.78 is 15.6. The first-order valence-electron chi connectivity index (χ1n) is 6.41. The van der Waals surface area contributed by atoms with Crippen molar-refractivity contribution >= 4 is 5.91 Å². The lowest BCUT2D eigenvalue weighted by molar-refractivity contribution is -0.128. The van der Waals surface area contributed by atoms with Crippen LogP contribution in [0.3, 0.4) is 0 Å². The van der Waals surface area contributed by atoms with Crippen molar-refractivity contribution in [2.45, 2.75) is 31.7 Å². The van der Waals surface area contributed by atoms with Crippen molar-refractivity contribution in [1.29, 1.82) is 0 Å². The molecule has 1 fully saturated rings. The smallest absolute Gasteiger partial charge is 0.222 e. The number of hydrogen-bond acceptors (Lipinski definition) is 5. The third-order valence-corrected chi connectivity index (χ3v) is 2.96. The molecule has 1 amide bonds. The predicted octanol–water partition coefficient (Wildman–Crippen LogP) is -0.120. The summed E-state index contributed by atoms with van der Waals surface area (Å²) in [5.41, 5.74) is 0. The molecule has 106 valence electrons. The van der Waals surface area contributed by atoms with Crippen LogP contribution in [0.4, 0.5) is 0 Å². The summed E-state index contributed by atoms with van der Waals surface area (Å²) in [5.74, 6) is -0.0389. The maximum absolute atomic E-state index is 11.5. The van der Waals surface area contributed by atoms with Crippen molar-refractivity contribution in [3.05, 3.63) is 0 Å². The molecule has 1 rings (SSSR count). The summed E-state index contributed by atoms with van der Waals surface area (Å²) in [6.07, 6.45) is 2.34. The lowest BCUT2D eigenvalue weighted by atomic mass is 10.1. The number of carbonyl (C=O) groups is 1. The van der Waals surface area contributed by atoms with Gasteiger partial charge in [-0.05, 0) is 25.9 Å². The molecule has 0 spiro atoms. The van der Waals surface area contributed by atoms with Gasteiger partial charge in [-0.1, -0.05) is 0 Å². The van der Waals surface area contributed by atoms with Crippen LogP contribution < -0.4 is 10.6 Å². The summed E-state index contributed by atoms with van der Waals surface area (Å²) in [5, 5.41) is 6.01. The number of carbonyl (C=O) groups excluding carboxylic acids is 1. The second kappa shape index (κ2) is 9.27. The highest BCUT2D eigenvalue weighted by atomic mass is 16.7. The number of ether oxygens (including phenoxy) is 3. The molecule has 0 unspecified atom stereocenters. The minimum absolute atomic E-state index is 0.0389. The molecule has 1 aliphatic heterocycles. The van der Waals surface area contributed by atoms with Crippen molar-refractivity contribution in [2.24, 2.45) is 0 Å². The van der Waals surface area contributed by atoms with Crippen LogP contribution in [-0.4, -0.2) is 58.8 Å². The second-order valence-electron chi connectivity index (χ2n) is 4.28. The molecule has 0 saturated carbocycles. The largest absolute Gasteiger partial charge is 0.378 e. The van der Waals surface area contributed by atoms with Gasteiger partial charge in [0.05, 0.1) is 19.3 Å². The number of piperidine rings is 1. The van der Waals surface area contributed by atoms with Gasteiger partial charge in [0.25, 0.3) is 0 Å². The van der Waals surface area contributed by atoms with Crippen LogP contribution in [0.25, 0.3) is 0 Å². The fourth-order valence-electron chi connectivity index (χ4n) is 1.83. The SMILES string of the molecule is COC(CNC(=O)CCOC1CCNCC1)OC. The van der Waals surface area contributed by atoms with Crippen LogP contribution in [0.2, 0.25) is 0 Å². The minimum atomic E-state index is -0.390. The molecule has 2 N–H and O–H groups in total. The average molecular weight is 260 g/mol. The number of hydrogen-bond donors (Lipinski definition) is 2. The first kappa shape index (κ1) is 15.4. The standard InChI is InChI=1S/C12H24N2O4/c1-16-12(17-2)9-14-11(15)5-8-18-10-3-6-13-7-4-10/h10,12-13H,3-9H2,1-2H3,(H,14,15). The third-order valence-electron chi connectivity index (χ3n) is 2.96. The normalized spacial score (nSPS) is 17.1. The van der Waals surface area contributed by atoms with Gasteiger partial charge in [-0.25, -0.2) is 0 Å². The number of nitrogens with one attached hydrogen (secondary N) is 2. The first-order chi connectivity index (χ1) is 8.76. The van der Waals surface area contributed by atoms with E-state index in [0.29, 0.717) is 25.7 Å². The summed E-state index contributed by atoms with van der Waals surface area (Å²) in [7, 11) is 3.08. The number of rotatable bonds is 8. The molecule has 6 nitrogen and oxygen atoms in total. The molecule has 6 heteroatoms. The molecule has 0 aromatic rings. The van der Waals surface area contributed by atoms with Crippen molar-refractivity contribution < 1.29 is 19.0 Å². The van der Waals surface area contributed by atoms with Crippen molar-refractivity contribution in [1.82, 2.24) is 10.6 Å². The monoisotopic (exact) mass is 260 g/mol. The molecule has 1 saturated heterocycles. The number of amides is 1. The molecule has 0 bridgehead atoms. The summed E-state index contributed by atoms with van der Waals surface area (Å²) in [6.45, 7) is 2.83. The van der Waals surface area contributed by atoms with Gasteiger partial charge in [0.1, 0.15) is 0 Å². The Labute approximate surface area is 108 Å². The van der Waals surface area contributed by atoms with Gasteiger partial charge < -0.3 is 24.8 Å². The molecule has 0 aromatic heterocycles. The van der Waals surface area contributed by atoms with E-state index in [-0.39, 0.29) is 12.2 Å². The fraction of sp³-hybridized carbons (Fsp3) is 0.917. The molecule has 1 heterocycles. The van der Waals surface area contributed by atoms with Crippen LogP contribution in [0.5, 0.6) is 0 Å². The molecule has 0 radical (unpaired) electrons. The molecule has 0 atom stereocenters. The highest BCUT2D eigenvalue weighted by Crippen LogP contribution is 2.07. The molecule has 0 aromatic carbocycles. The summed E-state index contributed by atoms with van der Waals surface area (Å²) >= 11 is 0. The molecule has 18 heavy (non-hydrogen) atoms. The van der Waals surface area contributed by atoms with Crippen molar-refractivity contribution in [2.75, 3.05) is 40.5 Å². The Bertz CT molecular complexity index is 228. The van der Waals surface area contributed by atoms with Crippen molar-refractivity contribution in [3.63, 3.8) is 0 Å². The van der Waals surface area contributed by atoms with Gasteiger partial charge >= 0.3 is 0 Å². The zero-order valence-corrected chi connectivity index (χ0v) is 11.2. The predicted molar refractivity (Wildman–Crippen MR) is 67.3 cm³/mol. The topological polar surface area (TPSA) is 68.8 Å². The average Bonchev–Trinajstić information content (AvgIpc) is 2.41. The van der Waals surface area contributed by atoms with E-state index in [1.807, 2.05) is 0 Å². The maximum Gasteiger partial charge on any atom is 0.222 e. The third kappa shape index (κ3) is 6.30. The van der Waals surface area contributed by atoms with E-state index in [4.69, 9.17) is 14.2 Å². The Morgan fingerprint density at radius 3 is 2.61 bits per heavy atom. The highest BCUT2D eigenvalue weighted by molar-refractivity contribution is 5.75. The zero-order chi connectivity index (χ0) is 13.2. The summed E-state index contributed by atoms with van der Waals surface area (Å²) in [6, 6.07) is 0. The van der Waals surface area contributed by atoms with Crippen LogP contribution >= 0.6 is 0 Å². The van der Waals surface area contributed by atoms with Gasteiger partial charge in [-0.15, -0.1) is 0 Å². The van der Waals surface area contributed by atoms with E-state index in [0.717, 1.165) is 25.9 Å². The van der Waals surface area contributed by atoms with E-state index >= 15 is 0 Å². The molecular formula is C12H24N2O4. The Balaban J connectivity index is 2.02. The second-order valence-corrected chi connectivity index (χ2v) is 4.28. The molecular weight excluding hydrogens is 236 g/mol. The fourth-order valence-corrected chi connectivity index (χ4v) is 1.83. The zero-order valence-electron chi connectivity index (χ0n) is 11.2. The Morgan fingerprint density at radius 1 is 1.33 bits per heavy atom. The van der Waals surface area contributed by atoms with E-state index in [1.54, 1.807) is 14.2 Å². The quantitative estimate of drug-likeness (QED) is 0.596. The van der Waals surface area contributed by atoms with E-state index < -0.39 is 0 Å². The van der Waals surface area contributed by atoms with Gasteiger partial charge in [0.2, 0.25) is 5.91 Å². The van der Waals surface area contributed by atoms with Crippen LogP contribution in [0, 0.1) is 0 Å². The van der Waals surface area contributed by atoms with Crippen molar-refractivity contribution in [3.8, 4) is 0 Å². The van der Waals surface area contributed by atoms with Crippen LogP contribution in [0.15, 0.2) is 0 Å². The van der Waals surface area contributed by atoms with Crippen LogP contribution in [-0.2, 0) is 19.0 Å². The number of methoxy groups -OCH3 is 2.